The number of rotatable bonds is 7. The molecule has 3 aromatic rings. The Morgan fingerprint density at radius 2 is 1.75 bits per heavy atom. The number of nitrogens with one attached hydrogen (secondary N) is 1. The number of nitrogens with zero attached hydrogens (tertiary/aromatic N) is 6. The topological polar surface area (TPSA) is 113 Å². The van der Waals surface area contributed by atoms with Gasteiger partial charge in [-0.3, -0.25) is 19.0 Å². The molecule has 3 aliphatic rings. The van der Waals surface area contributed by atoms with Gasteiger partial charge in [0, 0.05) is 43.8 Å². The number of hydrogen-bond donors (Lipinski definition) is 1. The van der Waals surface area contributed by atoms with Gasteiger partial charge in [-0.15, -0.1) is 0 Å². The number of amides is 1. The van der Waals surface area contributed by atoms with Gasteiger partial charge < -0.3 is 15.1 Å². The van der Waals surface area contributed by atoms with Crippen LogP contribution in [0.3, 0.4) is 0 Å². The predicted molar refractivity (Wildman–Crippen MR) is 154 cm³/mol. The molecule has 0 aromatic carbocycles. The van der Waals surface area contributed by atoms with Gasteiger partial charge in [-0.25, -0.2) is 9.97 Å². The Bertz CT molecular complexity index is 1530. The van der Waals surface area contributed by atoms with E-state index in [0.717, 1.165) is 44.5 Å². The van der Waals surface area contributed by atoms with E-state index in [0.29, 0.717) is 47.4 Å². The fraction of sp³-hybridized carbons (Fsp3) is 0.467. The third-order valence-corrected chi connectivity index (χ3v) is 8.33. The van der Waals surface area contributed by atoms with E-state index in [9.17, 15) is 14.4 Å². The zero-order chi connectivity index (χ0) is 27.8. The van der Waals surface area contributed by atoms with E-state index >= 15 is 0 Å². The molecule has 0 radical (unpaired) electrons. The quantitative estimate of drug-likeness (QED) is 0.350. The lowest BCUT2D eigenvalue weighted by Crippen LogP contribution is -2.48. The summed E-state index contributed by atoms with van der Waals surface area (Å²) >= 11 is 0. The summed E-state index contributed by atoms with van der Waals surface area (Å²) in [5.74, 6) is 1.41. The van der Waals surface area contributed by atoms with Crippen LogP contribution in [0.25, 0.3) is 11.0 Å². The van der Waals surface area contributed by atoms with Gasteiger partial charge in [0.05, 0.1) is 17.4 Å². The molecule has 0 bridgehead atoms. The Balaban J connectivity index is 1.18. The van der Waals surface area contributed by atoms with Crippen molar-refractivity contribution in [3.63, 3.8) is 0 Å². The van der Waals surface area contributed by atoms with E-state index in [1.807, 2.05) is 29.3 Å². The van der Waals surface area contributed by atoms with Gasteiger partial charge in [0.2, 0.25) is 11.9 Å². The highest BCUT2D eigenvalue weighted by Gasteiger charge is 2.26. The van der Waals surface area contributed by atoms with Gasteiger partial charge in [-0.05, 0) is 69.2 Å². The first-order valence-electron chi connectivity index (χ1n) is 14.3. The van der Waals surface area contributed by atoms with Crippen LogP contribution in [-0.2, 0) is 4.79 Å². The standard InChI is InChI=1S/C30H35N7O3/c1-19-24-18-32-30(34-28(24)37(22-5-3-4-6-22)29(40)27(19)20(2)38)33-25-11-10-23(17-31-25)35-13-15-36(16-14-35)26(39)12-9-21-7-8-21/h9-12,17-18,21-22H,3-8,13-16H2,1-2H3,(H,31,32,33,34)/b12-9+. The highest BCUT2D eigenvalue weighted by molar-refractivity contribution is 5.99. The van der Waals surface area contributed by atoms with Gasteiger partial charge >= 0.3 is 0 Å². The van der Waals surface area contributed by atoms with Crippen molar-refractivity contribution < 1.29 is 9.59 Å². The van der Waals surface area contributed by atoms with Crippen LogP contribution in [0.15, 0.2) is 41.5 Å². The monoisotopic (exact) mass is 541 g/mol. The Labute approximate surface area is 233 Å². The highest BCUT2D eigenvalue weighted by Crippen LogP contribution is 2.32. The number of allylic oxidation sites excluding steroid dienone is 1. The first kappa shape index (κ1) is 26.2. The normalized spacial score (nSPS) is 18.1. The van der Waals surface area contributed by atoms with Crippen LogP contribution in [0.4, 0.5) is 17.5 Å². The molecule has 1 aliphatic heterocycles. The summed E-state index contributed by atoms with van der Waals surface area (Å²) in [6.07, 6.45) is 13.6. The van der Waals surface area contributed by atoms with Crippen molar-refractivity contribution in [3.05, 3.63) is 58.2 Å². The van der Waals surface area contributed by atoms with E-state index in [2.05, 4.69) is 20.2 Å². The number of aromatic nitrogens is 4. The average Bonchev–Trinajstić information content (AvgIpc) is 3.64. The van der Waals surface area contributed by atoms with Crippen molar-refractivity contribution >= 4 is 40.2 Å². The molecule has 10 heteroatoms. The Morgan fingerprint density at radius 1 is 1.00 bits per heavy atom. The van der Waals surface area contributed by atoms with Crippen LogP contribution in [0.5, 0.6) is 0 Å². The van der Waals surface area contributed by atoms with Crippen molar-refractivity contribution in [1.82, 2.24) is 24.4 Å². The molecule has 2 saturated carbocycles. The third-order valence-electron chi connectivity index (χ3n) is 8.33. The number of pyridine rings is 2. The molecular formula is C30H35N7O3. The van der Waals surface area contributed by atoms with Gasteiger partial charge in [0.1, 0.15) is 11.5 Å². The second-order valence-electron chi connectivity index (χ2n) is 11.1. The molecule has 208 valence electrons. The molecule has 1 saturated heterocycles. The van der Waals surface area contributed by atoms with Gasteiger partial charge in [-0.1, -0.05) is 18.9 Å². The minimum atomic E-state index is -0.266. The molecule has 4 heterocycles. The summed E-state index contributed by atoms with van der Waals surface area (Å²) in [5, 5.41) is 3.89. The highest BCUT2D eigenvalue weighted by atomic mass is 16.2. The number of Topliss-reactive ketones (excluding diaryl/α,β-unsaturated/α-hetero) is 1. The fourth-order valence-corrected chi connectivity index (χ4v) is 5.87. The minimum absolute atomic E-state index is 0.0267. The largest absolute Gasteiger partial charge is 0.367 e. The zero-order valence-corrected chi connectivity index (χ0v) is 23.1. The van der Waals surface area contributed by atoms with E-state index in [-0.39, 0.29) is 28.9 Å². The second-order valence-corrected chi connectivity index (χ2v) is 11.1. The van der Waals surface area contributed by atoms with Crippen LogP contribution >= 0.6 is 0 Å². The number of piperazine rings is 1. The van der Waals surface area contributed by atoms with Crippen molar-refractivity contribution in [1.29, 1.82) is 0 Å². The molecule has 2 aliphatic carbocycles. The number of fused-ring (bicyclic) bond motifs is 1. The van der Waals surface area contributed by atoms with E-state index in [1.165, 1.54) is 19.8 Å². The number of hydrogen-bond acceptors (Lipinski definition) is 8. The molecule has 0 spiro atoms. The van der Waals surface area contributed by atoms with Crippen LogP contribution in [-0.4, -0.2) is 62.3 Å². The molecule has 1 amide bonds. The Kier molecular flexibility index (Phi) is 7.08. The number of anilines is 3. The first-order valence-corrected chi connectivity index (χ1v) is 14.3. The summed E-state index contributed by atoms with van der Waals surface area (Å²) in [4.78, 5) is 56.1. The SMILES string of the molecule is CC(=O)c1c(C)c2cnc(Nc3ccc(N4CCN(C(=O)/C=C/C5CC5)CC4)cn3)nc2n(C2CCCC2)c1=O. The number of aryl methyl sites for hydroxylation is 1. The van der Waals surface area contributed by atoms with E-state index < -0.39 is 0 Å². The summed E-state index contributed by atoms with van der Waals surface area (Å²) in [5.41, 5.74) is 2.12. The van der Waals surface area contributed by atoms with E-state index in [1.54, 1.807) is 23.8 Å². The van der Waals surface area contributed by atoms with Gasteiger partial charge in [0.15, 0.2) is 5.78 Å². The molecule has 1 N–H and O–H groups in total. The number of ketones is 1. The van der Waals surface area contributed by atoms with Crippen LogP contribution in [0.2, 0.25) is 0 Å². The van der Waals surface area contributed by atoms with Crippen molar-refractivity contribution in [2.45, 2.75) is 58.4 Å². The van der Waals surface area contributed by atoms with Crippen molar-refractivity contribution in [2.75, 3.05) is 36.4 Å². The molecule has 3 fully saturated rings. The summed E-state index contributed by atoms with van der Waals surface area (Å²) in [6, 6.07) is 3.91. The van der Waals surface area contributed by atoms with E-state index in [4.69, 9.17) is 4.98 Å². The molecule has 40 heavy (non-hydrogen) atoms. The molecule has 0 atom stereocenters. The smallest absolute Gasteiger partial charge is 0.263 e. The lowest BCUT2D eigenvalue weighted by molar-refractivity contribution is -0.126. The third kappa shape index (κ3) is 5.22. The van der Waals surface area contributed by atoms with Crippen LogP contribution in [0, 0.1) is 12.8 Å². The minimum Gasteiger partial charge on any atom is -0.367 e. The lowest BCUT2D eigenvalue weighted by atomic mass is 10.0. The van der Waals surface area contributed by atoms with Gasteiger partial charge in [-0.2, -0.15) is 4.98 Å². The average molecular weight is 542 g/mol. The number of carbonyl (C=O) groups excluding carboxylic acids is 2. The molecule has 6 rings (SSSR count). The fourth-order valence-electron chi connectivity index (χ4n) is 5.87. The summed E-state index contributed by atoms with van der Waals surface area (Å²) in [7, 11) is 0. The maximum atomic E-state index is 13.4. The maximum Gasteiger partial charge on any atom is 0.263 e. The molecular weight excluding hydrogens is 506 g/mol. The van der Waals surface area contributed by atoms with Crippen molar-refractivity contribution in [3.8, 4) is 0 Å². The summed E-state index contributed by atoms with van der Waals surface area (Å²) in [6.45, 7) is 6.11. The predicted octanol–water partition coefficient (Wildman–Crippen LogP) is 4.17. The lowest BCUT2D eigenvalue weighted by Gasteiger charge is -2.35. The van der Waals surface area contributed by atoms with Crippen LogP contribution in [0.1, 0.15) is 67.4 Å². The summed E-state index contributed by atoms with van der Waals surface area (Å²) < 4.78 is 1.71. The molecule has 0 unspecified atom stereocenters. The Hall–Kier alpha value is -4.08. The van der Waals surface area contributed by atoms with Crippen LogP contribution < -0.4 is 15.8 Å². The van der Waals surface area contributed by atoms with Gasteiger partial charge in [0.25, 0.3) is 5.56 Å². The van der Waals surface area contributed by atoms with Crippen molar-refractivity contribution in [2.24, 2.45) is 5.92 Å². The maximum absolute atomic E-state index is 13.4. The second kappa shape index (κ2) is 10.8. The first-order chi connectivity index (χ1) is 19.4. The molecule has 3 aromatic heterocycles. The number of carbonyl (C=O) groups is 2. The molecule has 10 nitrogen and oxygen atoms in total. The Morgan fingerprint density at radius 3 is 2.40 bits per heavy atom. The zero-order valence-electron chi connectivity index (χ0n) is 23.1.